The van der Waals surface area contributed by atoms with Gasteiger partial charge in [0, 0.05) is 43.3 Å². The molecular formula is C21H21N3O3. The number of carbonyl (C=O) groups is 1. The maximum Gasteiger partial charge on any atom is 0.308 e. The monoisotopic (exact) mass is 363 g/mol. The zero-order chi connectivity index (χ0) is 18.8. The molecule has 0 amide bonds. The van der Waals surface area contributed by atoms with Crippen molar-refractivity contribution in [1.82, 2.24) is 14.9 Å². The lowest BCUT2D eigenvalue weighted by molar-refractivity contribution is -0.141. The van der Waals surface area contributed by atoms with Crippen molar-refractivity contribution in [2.75, 3.05) is 20.2 Å². The quantitative estimate of drug-likeness (QED) is 0.751. The van der Waals surface area contributed by atoms with Crippen molar-refractivity contribution in [3.63, 3.8) is 0 Å². The van der Waals surface area contributed by atoms with Crippen LogP contribution >= 0.6 is 0 Å². The molecule has 0 bridgehead atoms. The lowest BCUT2D eigenvalue weighted by Crippen LogP contribution is -2.23. The van der Waals surface area contributed by atoms with Crippen molar-refractivity contribution < 1.29 is 14.6 Å². The fourth-order valence-corrected chi connectivity index (χ4v) is 3.84. The van der Waals surface area contributed by atoms with Gasteiger partial charge >= 0.3 is 5.97 Å². The van der Waals surface area contributed by atoms with Gasteiger partial charge in [0.1, 0.15) is 11.3 Å². The Hall–Kier alpha value is -2.99. The fraction of sp³-hybridized carbons (Fsp3) is 0.286. The molecule has 27 heavy (non-hydrogen) atoms. The van der Waals surface area contributed by atoms with Gasteiger partial charge in [0.25, 0.3) is 0 Å². The molecule has 0 spiro atoms. The Kier molecular flexibility index (Phi) is 4.73. The number of rotatable bonds is 5. The van der Waals surface area contributed by atoms with Gasteiger partial charge < -0.3 is 9.84 Å². The lowest BCUT2D eigenvalue weighted by atomic mass is 9.90. The Bertz CT molecular complexity index is 961. The number of aliphatic carboxylic acids is 1. The van der Waals surface area contributed by atoms with E-state index in [1.807, 2.05) is 42.5 Å². The largest absolute Gasteiger partial charge is 0.494 e. The zero-order valence-electron chi connectivity index (χ0n) is 15.1. The lowest BCUT2D eigenvalue weighted by Gasteiger charge is -2.16. The summed E-state index contributed by atoms with van der Waals surface area (Å²) in [6.07, 6.45) is 3.47. The first-order valence-corrected chi connectivity index (χ1v) is 8.93. The van der Waals surface area contributed by atoms with Crippen LogP contribution in [0.1, 0.15) is 17.2 Å². The van der Waals surface area contributed by atoms with E-state index in [4.69, 9.17) is 9.72 Å². The summed E-state index contributed by atoms with van der Waals surface area (Å²) in [5.74, 6) is -0.526. The molecule has 0 aliphatic carbocycles. The first-order chi connectivity index (χ1) is 13.2. The number of carboxylic acid groups (broad SMARTS) is 1. The zero-order valence-corrected chi connectivity index (χ0v) is 15.1. The van der Waals surface area contributed by atoms with E-state index in [2.05, 4.69) is 9.88 Å². The minimum atomic E-state index is -0.764. The number of carboxylic acids is 1. The van der Waals surface area contributed by atoms with Gasteiger partial charge in [0.2, 0.25) is 0 Å². The van der Waals surface area contributed by atoms with Gasteiger partial charge in [-0.05, 0) is 23.8 Å². The first kappa shape index (κ1) is 17.4. The Morgan fingerprint density at radius 3 is 2.85 bits per heavy atom. The van der Waals surface area contributed by atoms with Crippen molar-refractivity contribution >= 4 is 16.9 Å². The SMILES string of the molecule is COc1cccc2ccc(CN3C[C@H](C(=O)O)[C@@H](c4cccnc4)C3)nc12. The third kappa shape index (κ3) is 3.48. The third-order valence-corrected chi connectivity index (χ3v) is 5.17. The summed E-state index contributed by atoms with van der Waals surface area (Å²) in [6.45, 7) is 1.78. The average molecular weight is 363 g/mol. The van der Waals surface area contributed by atoms with E-state index in [1.54, 1.807) is 19.5 Å². The standard InChI is InChI=1S/C21H21N3O3/c1-27-19-6-2-4-14-7-8-16(23-20(14)19)11-24-12-17(18(13-24)21(25)26)15-5-3-9-22-10-15/h2-10,17-18H,11-13H2,1H3,(H,25,26)/t17-,18+/m1/s1. The number of nitrogens with zero attached hydrogens (tertiary/aromatic N) is 3. The third-order valence-electron chi connectivity index (χ3n) is 5.17. The van der Waals surface area contributed by atoms with Crippen LogP contribution in [0.15, 0.2) is 54.9 Å². The van der Waals surface area contributed by atoms with Crippen molar-refractivity contribution in [3.05, 3.63) is 66.1 Å². The van der Waals surface area contributed by atoms with Crippen LogP contribution in [0.5, 0.6) is 5.75 Å². The molecule has 1 aliphatic rings. The summed E-state index contributed by atoms with van der Waals surface area (Å²) in [6, 6.07) is 13.7. The molecule has 1 aliphatic heterocycles. The molecule has 2 atom stereocenters. The van der Waals surface area contributed by atoms with E-state index in [0.717, 1.165) is 27.9 Å². The molecule has 3 heterocycles. The summed E-state index contributed by atoms with van der Waals surface area (Å²) < 4.78 is 5.42. The highest BCUT2D eigenvalue weighted by molar-refractivity contribution is 5.84. The summed E-state index contributed by atoms with van der Waals surface area (Å²) in [7, 11) is 1.64. The van der Waals surface area contributed by atoms with Crippen LogP contribution in [-0.2, 0) is 11.3 Å². The van der Waals surface area contributed by atoms with Crippen LogP contribution in [0.4, 0.5) is 0 Å². The first-order valence-electron chi connectivity index (χ1n) is 8.93. The normalized spacial score (nSPS) is 20.0. The van der Waals surface area contributed by atoms with Gasteiger partial charge in [-0.25, -0.2) is 4.98 Å². The Morgan fingerprint density at radius 2 is 2.11 bits per heavy atom. The topological polar surface area (TPSA) is 75.5 Å². The molecule has 1 N–H and O–H groups in total. The van der Waals surface area contributed by atoms with Crippen LogP contribution in [0.3, 0.4) is 0 Å². The van der Waals surface area contributed by atoms with Gasteiger partial charge in [-0.3, -0.25) is 14.7 Å². The second-order valence-electron chi connectivity index (χ2n) is 6.87. The number of hydrogen-bond acceptors (Lipinski definition) is 5. The van der Waals surface area contributed by atoms with Crippen LogP contribution < -0.4 is 4.74 Å². The van der Waals surface area contributed by atoms with Gasteiger partial charge in [-0.15, -0.1) is 0 Å². The van der Waals surface area contributed by atoms with Crippen LogP contribution in [0.2, 0.25) is 0 Å². The Morgan fingerprint density at radius 1 is 1.22 bits per heavy atom. The molecule has 2 aromatic heterocycles. The number of likely N-dealkylation sites (tertiary alicyclic amines) is 1. The number of para-hydroxylation sites is 1. The average Bonchev–Trinajstić information content (AvgIpc) is 3.12. The van der Waals surface area contributed by atoms with Gasteiger partial charge in [0.15, 0.2) is 0 Å². The summed E-state index contributed by atoms with van der Waals surface area (Å²) in [5.41, 5.74) is 2.71. The number of pyridine rings is 2. The molecule has 0 radical (unpaired) electrons. The smallest absolute Gasteiger partial charge is 0.308 e. The van der Waals surface area contributed by atoms with Crippen molar-refractivity contribution in [2.45, 2.75) is 12.5 Å². The number of aromatic nitrogens is 2. The number of benzene rings is 1. The van der Waals surface area contributed by atoms with Crippen molar-refractivity contribution in [3.8, 4) is 5.75 Å². The maximum atomic E-state index is 11.8. The summed E-state index contributed by atoms with van der Waals surface area (Å²) >= 11 is 0. The second-order valence-corrected chi connectivity index (χ2v) is 6.87. The molecule has 6 heteroatoms. The van der Waals surface area contributed by atoms with Crippen LogP contribution in [-0.4, -0.2) is 46.1 Å². The number of methoxy groups -OCH3 is 1. The van der Waals surface area contributed by atoms with Gasteiger partial charge in [-0.1, -0.05) is 24.3 Å². The molecule has 1 fully saturated rings. The predicted molar refractivity (Wildman–Crippen MR) is 102 cm³/mol. The fourth-order valence-electron chi connectivity index (χ4n) is 3.84. The summed E-state index contributed by atoms with van der Waals surface area (Å²) in [4.78, 5) is 22.8. The van der Waals surface area contributed by atoms with Crippen molar-refractivity contribution in [2.24, 2.45) is 5.92 Å². The highest BCUT2D eigenvalue weighted by Crippen LogP contribution is 2.33. The number of hydrogen-bond donors (Lipinski definition) is 1. The molecular weight excluding hydrogens is 342 g/mol. The van der Waals surface area contributed by atoms with E-state index in [-0.39, 0.29) is 5.92 Å². The van der Waals surface area contributed by atoms with E-state index in [1.165, 1.54) is 0 Å². The minimum Gasteiger partial charge on any atom is -0.494 e. The van der Waals surface area contributed by atoms with E-state index < -0.39 is 11.9 Å². The number of ether oxygens (including phenoxy) is 1. The van der Waals surface area contributed by atoms with Gasteiger partial charge in [-0.2, -0.15) is 0 Å². The molecule has 4 rings (SSSR count). The maximum absolute atomic E-state index is 11.8. The molecule has 138 valence electrons. The van der Waals surface area contributed by atoms with E-state index >= 15 is 0 Å². The molecule has 1 aromatic carbocycles. The highest BCUT2D eigenvalue weighted by Gasteiger charge is 2.38. The van der Waals surface area contributed by atoms with E-state index in [9.17, 15) is 9.90 Å². The van der Waals surface area contributed by atoms with Crippen LogP contribution in [0.25, 0.3) is 10.9 Å². The van der Waals surface area contributed by atoms with E-state index in [0.29, 0.717) is 19.6 Å². The second kappa shape index (κ2) is 7.32. The highest BCUT2D eigenvalue weighted by atomic mass is 16.5. The predicted octanol–water partition coefficient (Wildman–Crippen LogP) is 2.94. The van der Waals surface area contributed by atoms with Crippen molar-refractivity contribution in [1.29, 1.82) is 0 Å². The Labute approximate surface area is 157 Å². The molecule has 3 aromatic rings. The Balaban J connectivity index is 1.58. The number of fused-ring (bicyclic) bond motifs is 1. The molecule has 0 saturated carbocycles. The molecule has 0 unspecified atom stereocenters. The minimum absolute atomic E-state index is 0.0637. The van der Waals surface area contributed by atoms with Gasteiger partial charge in [0.05, 0.1) is 18.7 Å². The molecule has 6 nitrogen and oxygen atoms in total. The van der Waals surface area contributed by atoms with Crippen LogP contribution in [0, 0.1) is 5.92 Å². The summed E-state index contributed by atoms with van der Waals surface area (Å²) in [5, 5.41) is 10.7. The molecule has 1 saturated heterocycles.